The molecule has 0 radical (unpaired) electrons. The van der Waals surface area contributed by atoms with Crippen LogP contribution in [0.2, 0.25) is 5.02 Å². The molecule has 0 bridgehead atoms. The number of amides is 1. The molecule has 40 heavy (non-hydrogen) atoms. The first-order valence-corrected chi connectivity index (χ1v) is 17.4. The van der Waals surface area contributed by atoms with Crippen LogP contribution in [0.3, 0.4) is 0 Å². The van der Waals surface area contributed by atoms with Crippen LogP contribution >= 0.6 is 57.3 Å². The first kappa shape index (κ1) is 28.5. The summed E-state index contributed by atoms with van der Waals surface area (Å²) in [7, 11) is -3.59. The Hall–Kier alpha value is -1.63. The van der Waals surface area contributed by atoms with E-state index >= 15 is 0 Å². The number of likely N-dealkylation sites (tertiary alicyclic amines) is 1. The summed E-state index contributed by atoms with van der Waals surface area (Å²) in [6.45, 7) is 4.33. The molecule has 3 saturated heterocycles. The lowest BCUT2D eigenvalue weighted by molar-refractivity contribution is 0.0607. The number of sulfonamides is 1. The molecule has 3 aliphatic heterocycles. The maximum atomic E-state index is 13.9. The van der Waals surface area contributed by atoms with Crippen LogP contribution in [0.1, 0.15) is 47.8 Å². The molecule has 0 unspecified atom stereocenters. The number of nitrogens with one attached hydrogen (secondary N) is 1. The summed E-state index contributed by atoms with van der Waals surface area (Å²) in [5, 5.41) is 5.39. The van der Waals surface area contributed by atoms with Gasteiger partial charge >= 0.3 is 0 Å². The van der Waals surface area contributed by atoms with E-state index in [0.717, 1.165) is 81.1 Å². The number of aromatic nitrogens is 3. The molecule has 0 saturated carbocycles. The van der Waals surface area contributed by atoms with Gasteiger partial charge in [-0.05, 0) is 43.9 Å². The minimum Gasteiger partial charge on any atom is -0.356 e. The van der Waals surface area contributed by atoms with E-state index in [4.69, 9.17) is 21.7 Å². The Balaban J connectivity index is 1.36. The Bertz CT molecular complexity index is 1560. The average molecular weight is 811 g/mol. The molecule has 6 rings (SSSR count). The highest BCUT2D eigenvalue weighted by Crippen LogP contribution is 2.36. The van der Waals surface area contributed by atoms with Crippen LogP contribution in [0.25, 0.3) is 5.65 Å². The summed E-state index contributed by atoms with van der Waals surface area (Å²) >= 11 is 10.9. The second kappa shape index (κ2) is 11.2. The van der Waals surface area contributed by atoms with Gasteiger partial charge in [-0.3, -0.25) is 9.52 Å². The zero-order chi connectivity index (χ0) is 28.2. The van der Waals surface area contributed by atoms with Crippen LogP contribution in [0.4, 0.5) is 17.3 Å². The van der Waals surface area contributed by atoms with E-state index in [1.165, 1.54) is 12.1 Å². The molecule has 15 heteroatoms. The number of piperidine rings is 1. The number of rotatable bonds is 7. The van der Waals surface area contributed by atoms with E-state index in [0.29, 0.717) is 17.6 Å². The van der Waals surface area contributed by atoms with Gasteiger partial charge in [0.2, 0.25) is 10.0 Å². The molecule has 3 aliphatic rings. The number of fused-ring (bicyclic) bond motifs is 1. The summed E-state index contributed by atoms with van der Waals surface area (Å²) < 4.78 is 30.6. The number of hydrogen-bond donors (Lipinski definition) is 1. The molecule has 1 atom stereocenters. The molecule has 214 valence electrons. The monoisotopic (exact) mass is 810 g/mol. The van der Waals surface area contributed by atoms with Gasteiger partial charge < -0.3 is 14.7 Å². The van der Waals surface area contributed by atoms with Crippen molar-refractivity contribution in [3.63, 3.8) is 0 Å². The minimum atomic E-state index is -3.59. The normalized spacial score (nSPS) is 20.1. The molecule has 1 aromatic carbocycles. The molecule has 3 aromatic rings. The van der Waals surface area contributed by atoms with Gasteiger partial charge in [-0.2, -0.15) is 10.9 Å². The minimum absolute atomic E-state index is 0.214. The summed E-state index contributed by atoms with van der Waals surface area (Å²) in [4.78, 5) is 25.3. The Kier molecular flexibility index (Phi) is 7.99. The van der Waals surface area contributed by atoms with E-state index in [1.807, 2.05) is 10.6 Å². The fourth-order valence-corrected chi connectivity index (χ4v) is 6.90. The predicted octanol–water partition coefficient (Wildman–Crippen LogP) is 4.52. The van der Waals surface area contributed by atoms with Crippen molar-refractivity contribution in [1.82, 2.24) is 20.8 Å². The van der Waals surface area contributed by atoms with Crippen LogP contribution in [-0.4, -0.2) is 80.2 Å². The highest BCUT2D eigenvalue weighted by molar-refractivity contribution is 14.2. The molecular formula is C25H29ClI2N8O3S. The third-order valence-corrected chi connectivity index (χ3v) is 10.1. The topological polar surface area (TPSA) is 106 Å². The summed E-state index contributed by atoms with van der Waals surface area (Å²) in [5.74, 6) is 1.68. The zero-order valence-corrected chi connectivity index (χ0v) is 27.7. The number of carbonyl (C=O) groups excluding carboxylic acids is 1. The molecule has 1 N–H and O–H groups in total. The van der Waals surface area contributed by atoms with Gasteiger partial charge in [0, 0.05) is 95.6 Å². The van der Waals surface area contributed by atoms with Crippen molar-refractivity contribution >= 4 is 96.2 Å². The number of carbonyl (C=O) groups is 1. The van der Waals surface area contributed by atoms with Crippen LogP contribution in [0.5, 0.6) is 0 Å². The van der Waals surface area contributed by atoms with E-state index in [2.05, 4.69) is 67.6 Å². The highest BCUT2D eigenvalue weighted by atomic mass is 127. The lowest BCUT2D eigenvalue weighted by Gasteiger charge is -2.42. The molecule has 5 heterocycles. The summed E-state index contributed by atoms with van der Waals surface area (Å²) in [5.41, 5.74) is 1.98. The molecular weight excluding hydrogens is 782 g/mol. The number of hydrogen-bond acceptors (Lipinski definition) is 8. The van der Waals surface area contributed by atoms with Gasteiger partial charge in [0.15, 0.2) is 5.65 Å². The van der Waals surface area contributed by atoms with Crippen molar-refractivity contribution in [1.29, 1.82) is 0 Å². The second-order valence-electron chi connectivity index (χ2n) is 10.5. The van der Waals surface area contributed by atoms with Crippen molar-refractivity contribution < 1.29 is 13.2 Å². The van der Waals surface area contributed by atoms with Gasteiger partial charge in [0.1, 0.15) is 11.6 Å². The quantitative estimate of drug-likeness (QED) is 0.275. The fraction of sp³-hybridized carbons (Fsp3) is 0.480. The largest absolute Gasteiger partial charge is 0.356 e. The fourth-order valence-electron chi connectivity index (χ4n) is 5.44. The lowest BCUT2D eigenvalue weighted by atomic mass is 9.98. The van der Waals surface area contributed by atoms with E-state index in [1.54, 1.807) is 11.0 Å². The zero-order valence-electron chi connectivity index (χ0n) is 21.8. The molecule has 2 aromatic heterocycles. The van der Waals surface area contributed by atoms with Crippen molar-refractivity contribution in [3.05, 3.63) is 46.6 Å². The van der Waals surface area contributed by atoms with E-state index in [9.17, 15) is 13.2 Å². The standard InChI is InChI=1S/C25H29ClI2N8O3S/c1-40(38,39)31-19-7-6-16(26)11-18(19)25(37)34-10-3-2-5-21(34)20-12-23-29-22(32-8-4-9-32)13-24(35(23)30-20)33-14-17(15-33)36(27)28/h6-7,11-13,17,21,31H,2-5,8-10,14-15H2,1H3/t21-/m0/s1. The van der Waals surface area contributed by atoms with Crippen LogP contribution in [0, 0.1) is 0 Å². The average Bonchev–Trinajstić information content (AvgIpc) is 3.26. The number of anilines is 3. The third-order valence-electron chi connectivity index (χ3n) is 7.67. The van der Waals surface area contributed by atoms with Gasteiger partial charge in [-0.15, -0.1) is 0 Å². The molecule has 3 fully saturated rings. The number of nitrogens with zero attached hydrogens (tertiary/aromatic N) is 7. The van der Waals surface area contributed by atoms with Gasteiger partial charge in [-0.1, -0.05) is 11.6 Å². The van der Waals surface area contributed by atoms with Crippen molar-refractivity contribution in [3.8, 4) is 0 Å². The second-order valence-corrected chi connectivity index (χ2v) is 16.7. The first-order chi connectivity index (χ1) is 19.1. The number of halogens is 3. The van der Waals surface area contributed by atoms with Crippen molar-refractivity contribution in [2.75, 3.05) is 53.5 Å². The van der Waals surface area contributed by atoms with Crippen molar-refractivity contribution in [2.24, 2.45) is 0 Å². The molecule has 0 aliphatic carbocycles. The Morgan fingerprint density at radius 3 is 2.52 bits per heavy atom. The molecule has 0 spiro atoms. The van der Waals surface area contributed by atoms with Crippen LogP contribution < -0.4 is 14.5 Å². The SMILES string of the molecule is CS(=O)(=O)Nc1ccc(Cl)cc1C(=O)N1CCCC[C@H]1c1cc2nc(N3CCC3)cc(N3CC(N(I)I)C3)n2n1. The number of benzene rings is 1. The summed E-state index contributed by atoms with van der Waals surface area (Å²) in [6, 6.07) is 8.94. The van der Waals surface area contributed by atoms with Gasteiger partial charge in [0.05, 0.1) is 35.3 Å². The van der Waals surface area contributed by atoms with Gasteiger partial charge in [-0.25, -0.2) is 13.4 Å². The van der Waals surface area contributed by atoms with E-state index < -0.39 is 10.0 Å². The van der Waals surface area contributed by atoms with Crippen LogP contribution in [0.15, 0.2) is 30.3 Å². The van der Waals surface area contributed by atoms with E-state index in [-0.39, 0.29) is 23.2 Å². The summed E-state index contributed by atoms with van der Waals surface area (Å²) in [6.07, 6.45) is 4.79. The van der Waals surface area contributed by atoms with Crippen molar-refractivity contribution in [2.45, 2.75) is 37.8 Å². The van der Waals surface area contributed by atoms with Crippen LogP contribution in [-0.2, 0) is 10.0 Å². The molecule has 11 nitrogen and oxygen atoms in total. The Morgan fingerprint density at radius 2 is 1.85 bits per heavy atom. The van der Waals surface area contributed by atoms with Gasteiger partial charge in [0.25, 0.3) is 5.91 Å². The Morgan fingerprint density at radius 1 is 1.07 bits per heavy atom. The molecule has 1 amide bonds. The highest BCUT2D eigenvalue weighted by Gasteiger charge is 2.35. The first-order valence-electron chi connectivity index (χ1n) is 13.2. The maximum absolute atomic E-state index is 13.9. The Labute approximate surface area is 266 Å². The predicted molar refractivity (Wildman–Crippen MR) is 173 cm³/mol. The third kappa shape index (κ3) is 5.70. The maximum Gasteiger partial charge on any atom is 0.256 e. The smallest absolute Gasteiger partial charge is 0.256 e. The lowest BCUT2D eigenvalue weighted by Crippen LogP contribution is -2.55.